The van der Waals surface area contributed by atoms with Gasteiger partial charge in [0.15, 0.2) is 5.82 Å². The van der Waals surface area contributed by atoms with Crippen LogP contribution in [0.3, 0.4) is 0 Å². The Balaban J connectivity index is 2.37. The summed E-state index contributed by atoms with van der Waals surface area (Å²) in [5, 5.41) is 2.87. The van der Waals surface area contributed by atoms with E-state index < -0.39 is 11.8 Å². The molecule has 2 rings (SSSR count). The Morgan fingerprint density at radius 1 is 1.48 bits per heavy atom. The standard InChI is InChI=1S/C14H13ClFN3O2/c1-2-21-14(20)8-6-7-18-13(11(8)17)19-12-9(15)4-3-5-10(12)16/h3-7H,2,17H2,1H3,(H,18,19). The highest BCUT2D eigenvalue weighted by Gasteiger charge is 2.16. The molecule has 0 radical (unpaired) electrons. The van der Waals surface area contributed by atoms with Gasteiger partial charge in [0.25, 0.3) is 0 Å². The van der Waals surface area contributed by atoms with Gasteiger partial charge in [-0.25, -0.2) is 14.2 Å². The van der Waals surface area contributed by atoms with Crippen molar-refractivity contribution in [1.82, 2.24) is 4.98 Å². The fraction of sp³-hybridized carbons (Fsp3) is 0.143. The number of anilines is 3. The zero-order valence-corrected chi connectivity index (χ0v) is 11.9. The van der Waals surface area contributed by atoms with Gasteiger partial charge < -0.3 is 15.8 Å². The Morgan fingerprint density at radius 2 is 2.24 bits per heavy atom. The molecule has 1 heterocycles. The van der Waals surface area contributed by atoms with Gasteiger partial charge >= 0.3 is 5.97 Å². The summed E-state index contributed by atoms with van der Waals surface area (Å²) in [5.74, 6) is -0.988. The van der Waals surface area contributed by atoms with Crippen molar-refractivity contribution >= 4 is 34.8 Å². The maximum Gasteiger partial charge on any atom is 0.340 e. The van der Waals surface area contributed by atoms with Crippen molar-refractivity contribution in [3.8, 4) is 0 Å². The number of nitrogens with zero attached hydrogens (tertiary/aromatic N) is 1. The van der Waals surface area contributed by atoms with E-state index in [0.717, 1.165) is 0 Å². The van der Waals surface area contributed by atoms with E-state index in [2.05, 4.69) is 10.3 Å². The van der Waals surface area contributed by atoms with Gasteiger partial charge in [-0.15, -0.1) is 0 Å². The number of aromatic nitrogens is 1. The van der Waals surface area contributed by atoms with Crippen molar-refractivity contribution in [1.29, 1.82) is 0 Å². The molecule has 0 aliphatic heterocycles. The van der Waals surface area contributed by atoms with E-state index in [9.17, 15) is 9.18 Å². The molecular weight excluding hydrogens is 297 g/mol. The van der Waals surface area contributed by atoms with Gasteiger partial charge in [0, 0.05) is 6.20 Å². The summed E-state index contributed by atoms with van der Waals surface area (Å²) >= 11 is 5.92. The van der Waals surface area contributed by atoms with Crippen LogP contribution in [0.25, 0.3) is 0 Å². The first-order valence-electron chi connectivity index (χ1n) is 6.17. The van der Waals surface area contributed by atoms with Crippen LogP contribution in [0.5, 0.6) is 0 Å². The van der Waals surface area contributed by atoms with E-state index in [1.54, 1.807) is 6.92 Å². The molecule has 5 nitrogen and oxygen atoms in total. The van der Waals surface area contributed by atoms with Gasteiger partial charge in [0.1, 0.15) is 5.82 Å². The molecule has 2 aromatic rings. The highest BCUT2D eigenvalue weighted by Crippen LogP contribution is 2.30. The molecule has 21 heavy (non-hydrogen) atoms. The number of benzene rings is 1. The van der Waals surface area contributed by atoms with Crippen molar-refractivity contribution < 1.29 is 13.9 Å². The molecule has 0 unspecified atom stereocenters. The molecule has 0 aliphatic rings. The fourth-order valence-corrected chi connectivity index (χ4v) is 1.91. The fourth-order valence-electron chi connectivity index (χ4n) is 1.70. The lowest BCUT2D eigenvalue weighted by Crippen LogP contribution is -2.11. The Morgan fingerprint density at radius 3 is 2.90 bits per heavy atom. The van der Waals surface area contributed by atoms with E-state index in [0.29, 0.717) is 0 Å². The molecule has 0 aliphatic carbocycles. The lowest BCUT2D eigenvalue weighted by atomic mass is 10.2. The average molecular weight is 310 g/mol. The zero-order chi connectivity index (χ0) is 15.4. The largest absolute Gasteiger partial charge is 0.462 e. The number of nitrogens with one attached hydrogen (secondary N) is 1. The summed E-state index contributed by atoms with van der Waals surface area (Å²) in [7, 11) is 0. The topological polar surface area (TPSA) is 77.2 Å². The molecule has 3 N–H and O–H groups in total. The van der Waals surface area contributed by atoms with Crippen molar-refractivity contribution in [2.24, 2.45) is 0 Å². The van der Waals surface area contributed by atoms with Gasteiger partial charge in [-0.3, -0.25) is 0 Å². The van der Waals surface area contributed by atoms with Crippen molar-refractivity contribution in [2.45, 2.75) is 6.92 Å². The number of carbonyl (C=O) groups is 1. The van der Waals surface area contributed by atoms with Crippen LogP contribution >= 0.6 is 11.6 Å². The number of carbonyl (C=O) groups excluding carboxylic acids is 1. The highest BCUT2D eigenvalue weighted by molar-refractivity contribution is 6.33. The van der Waals surface area contributed by atoms with E-state index in [1.165, 1.54) is 30.5 Å². The molecule has 0 fully saturated rings. The van der Waals surface area contributed by atoms with Gasteiger partial charge in [-0.1, -0.05) is 17.7 Å². The molecule has 0 saturated heterocycles. The summed E-state index contributed by atoms with van der Waals surface area (Å²) in [5.41, 5.74) is 6.13. The SMILES string of the molecule is CCOC(=O)c1ccnc(Nc2c(F)cccc2Cl)c1N. The lowest BCUT2D eigenvalue weighted by molar-refractivity contribution is 0.0527. The third kappa shape index (κ3) is 3.22. The average Bonchev–Trinajstić information content (AvgIpc) is 2.45. The minimum absolute atomic E-state index is 0.0411. The molecule has 0 bridgehead atoms. The number of nitrogens with two attached hydrogens (primary N) is 1. The number of halogens is 2. The van der Waals surface area contributed by atoms with Gasteiger partial charge in [0.2, 0.25) is 0 Å². The Bertz CT molecular complexity index is 659. The number of pyridine rings is 1. The molecule has 0 spiro atoms. The van der Waals surface area contributed by atoms with Gasteiger partial charge in [-0.05, 0) is 25.1 Å². The summed E-state index contributed by atoms with van der Waals surface area (Å²) in [4.78, 5) is 15.7. The predicted octanol–water partition coefficient (Wildman–Crippen LogP) is 3.38. The number of ether oxygens (including phenoxy) is 1. The molecule has 0 saturated carbocycles. The van der Waals surface area contributed by atoms with Crippen LogP contribution in [-0.4, -0.2) is 17.6 Å². The van der Waals surface area contributed by atoms with Crippen molar-refractivity contribution in [3.05, 3.63) is 46.9 Å². The van der Waals surface area contributed by atoms with Gasteiger partial charge in [-0.2, -0.15) is 0 Å². The molecule has 0 amide bonds. The maximum atomic E-state index is 13.7. The monoisotopic (exact) mass is 309 g/mol. The van der Waals surface area contributed by atoms with E-state index in [4.69, 9.17) is 22.1 Å². The number of para-hydroxylation sites is 1. The number of hydrogen-bond acceptors (Lipinski definition) is 5. The van der Waals surface area contributed by atoms with Crippen molar-refractivity contribution in [2.75, 3.05) is 17.7 Å². The third-order valence-electron chi connectivity index (χ3n) is 2.69. The van der Waals surface area contributed by atoms with Crippen LogP contribution in [0.15, 0.2) is 30.5 Å². The molecule has 1 aromatic heterocycles. The second kappa shape index (κ2) is 6.41. The molecule has 7 heteroatoms. The van der Waals surface area contributed by atoms with E-state index in [-0.39, 0.29) is 34.4 Å². The minimum atomic E-state index is -0.569. The van der Waals surface area contributed by atoms with E-state index in [1.807, 2.05) is 0 Å². The van der Waals surface area contributed by atoms with Crippen molar-refractivity contribution in [3.63, 3.8) is 0 Å². The Labute approximate surface area is 125 Å². The number of rotatable bonds is 4. The van der Waals surface area contributed by atoms with Crippen LogP contribution in [0.4, 0.5) is 21.6 Å². The normalized spacial score (nSPS) is 10.2. The minimum Gasteiger partial charge on any atom is -0.462 e. The molecule has 110 valence electrons. The Kier molecular flexibility index (Phi) is 4.59. The summed E-state index contributed by atoms with van der Waals surface area (Å²) in [6.07, 6.45) is 1.37. The first-order chi connectivity index (χ1) is 10.0. The number of esters is 1. The summed E-state index contributed by atoms with van der Waals surface area (Å²) < 4.78 is 18.6. The molecular formula is C14H13ClFN3O2. The third-order valence-corrected chi connectivity index (χ3v) is 3.01. The number of hydrogen-bond donors (Lipinski definition) is 2. The van der Waals surface area contributed by atoms with Crippen LogP contribution in [0.1, 0.15) is 17.3 Å². The lowest BCUT2D eigenvalue weighted by Gasteiger charge is -2.12. The maximum absolute atomic E-state index is 13.7. The van der Waals surface area contributed by atoms with E-state index >= 15 is 0 Å². The second-order valence-electron chi connectivity index (χ2n) is 4.06. The highest BCUT2D eigenvalue weighted by atomic mass is 35.5. The summed E-state index contributed by atoms with van der Waals surface area (Å²) in [6.45, 7) is 1.91. The first kappa shape index (κ1) is 15.1. The predicted molar refractivity (Wildman–Crippen MR) is 79.3 cm³/mol. The van der Waals surface area contributed by atoms with Crippen LogP contribution in [0, 0.1) is 5.82 Å². The Hall–Kier alpha value is -2.34. The first-order valence-corrected chi connectivity index (χ1v) is 6.55. The quantitative estimate of drug-likeness (QED) is 0.847. The smallest absolute Gasteiger partial charge is 0.340 e. The van der Waals surface area contributed by atoms with Crippen LogP contribution < -0.4 is 11.1 Å². The van der Waals surface area contributed by atoms with Gasteiger partial charge in [0.05, 0.1) is 28.6 Å². The molecule has 0 atom stereocenters. The van der Waals surface area contributed by atoms with Crippen LogP contribution in [0.2, 0.25) is 5.02 Å². The summed E-state index contributed by atoms with van der Waals surface area (Å²) in [6, 6.07) is 5.69. The second-order valence-corrected chi connectivity index (χ2v) is 4.47. The number of nitrogen functional groups attached to an aromatic ring is 1. The molecule has 1 aromatic carbocycles. The zero-order valence-electron chi connectivity index (χ0n) is 11.2. The van der Waals surface area contributed by atoms with Crippen LogP contribution in [-0.2, 0) is 4.74 Å².